The predicted octanol–water partition coefficient (Wildman–Crippen LogP) is -0.194. The summed E-state index contributed by atoms with van der Waals surface area (Å²) in [4.78, 5) is 25.6. The van der Waals surface area contributed by atoms with E-state index < -0.39 is 22.0 Å². The van der Waals surface area contributed by atoms with E-state index in [1.54, 1.807) is 4.90 Å². The number of hydrogen-bond acceptors (Lipinski definition) is 6. The highest BCUT2D eigenvalue weighted by molar-refractivity contribution is 7.89. The fourth-order valence-electron chi connectivity index (χ4n) is 3.31. The molecular formula is C17H23N3O6S. The molecule has 10 heteroatoms. The van der Waals surface area contributed by atoms with E-state index in [0.717, 1.165) is 6.42 Å². The lowest BCUT2D eigenvalue weighted by Crippen LogP contribution is -2.52. The molecule has 27 heavy (non-hydrogen) atoms. The van der Waals surface area contributed by atoms with Crippen LogP contribution >= 0.6 is 0 Å². The van der Waals surface area contributed by atoms with Gasteiger partial charge in [-0.1, -0.05) is 0 Å². The summed E-state index contributed by atoms with van der Waals surface area (Å²) in [7, 11) is -2.44. The lowest BCUT2D eigenvalue weighted by molar-refractivity contribution is -0.142. The Kier molecular flexibility index (Phi) is 5.68. The van der Waals surface area contributed by atoms with Gasteiger partial charge in [0.1, 0.15) is 11.9 Å². The Hall–Kier alpha value is -2.17. The molecule has 2 aliphatic heterocycles. The highest BCUT2D eigenvalue weighted by atomic mass is 32.2. The van der Waals surface area contributed by atoms with E-state index >= 15 is 0 Å². The smallest absolute Gasteiger partial charge is 0.252 e. The van der Waals surface area contributed by atoms with E-state index in [0.29, 0.717) is 26.1 Å². The van der Waals surface area contributed by atoms with E-state index in [1.165, 1.54) is 29.6 Å². The molecule has 2 amide bonds. The van der Waals surface area contributed by atoms with Crippen LogP contribution in [-0.2, 0) is 19.6 Å². The second kappa shape index (κ2) is 7.83. The largest absolute Gasteiger partial charge is 0.496 e. The molecule has 0 bridgehead atoms. The van der Waals surface area contributed by atoms with Gasteiger partial charge in [0, 0.05) is 32.8 Å². The van der Waals surface area contributed by atoms with Crippen molar-refractivity contribution in [1.82, 2.24) is 9.21 Å². The van der Waals surface area contributed by atoms with E-state index in [9.17, 15) is 18.0 Å². The third-order valence-corrected chi connectivity index (χ3v) is 6.72. The average molecular weight is 397 g/mol. The number of hydrogen-bond donors (Lipinski definition) is 1. The minimum atomic E-state index is -3.81. The molecule has 0 saturated carbocycles. The standard InChI is InChI=1S/C17H23N3O6S/c1-25-14-5-4-12(11-13(14)16(18)21)27(23,24)20-8-6-19(7-9-20)17(22)15-3-2-10-26-15/h4-5,11,15H,2-3,6-10H2,1H3,(H2,18,21). The van der Waals surface area contributed by atoms with Crippen molar-refractivity contribution in [1.29, 1.82) is 0 Å². The third kappa shape index (κ3) is 3.92. The number of rotatable bonds is 5. The number of methoxy groups -OCH3 is 1. The number of benzene rings is 1. The van der Waals surface area contributed by atoms with Crippen molar-refractivity contribution in [3.63, 3.8) is 0 Å². The Morgan fingerprint density at radius 2 is 1.93 bits per heavy atom. The normalized spacial score (nSPS) is 21.2. The van der Waals surface area contributed by atoms with Gasteiger partial charge < -0.3 is 20.1 Å². The maximum absolute atomic E-state index is 12.9. The Labute approximate surface area is 158 Å². The minimum absolute atomic E-state index is 0.00534. The van der Waals surface area contributed by atoms with E-state index in [4.69, 9.17) is 15.2 Å². The first kappa shape index (κ1) is 19.6. The zero-order chi connectivity index (χ0) is 19.6. The zero-order valence-corrected chi connectivity index (χ0v) is 15.9. The number of ether oxygens (including phenoxy) is 2. The molecule has 2 saturated heterocycles. The molecule has 2 aliphatic rings. The number of nitrogens with two attached hydrogens (primary N) is 1. The van der Waals surface area contributed by atoms with Crippen LogP contribution in [0.15, 0.2) is 23.1 Å². The second-order valence-corrected chi connectivity index (χ2v) is 8.40. The topological polar surface area (TPSA) is 119 Å². The van der Waals surface area contributed by atoms with Crippen LogP contribution in [0.25, 0.3) is 0 Å². The van der Waals surface area contributed by atoms with Crippen molar-refractivity contribution in [2.75, 3.05) is 39.9 Å². The average Bonchev–Trinajstić information content (AvgIpc) is 3.21. The molecule has 3 rings (SSSR count). The molecular weight excluding hydrogens is 374 g/mol. The fourth-order valence-corrected chi connectivity index (χ4v) is 4.76. The molecule has 0 spiro atoms. The van der Waals surface area contributed by atoms with E-state index in [1.807, 2.05) is 0 Å². The predicted molar refractivity (Wildman–Crippen MR) is 95.8 cm³/mol. The summed E-state index contributed by atoms with van der Waals surface area (Å²) in [6, 6.07) is 4.01. The number of piperazine rings is 1. The first-order valence-electron chi connectivity index (χ1n) is 8.73. The lowest BCUT2D eigenvalue weighted by atomic mass is 10.2. The SMILES string of the molecule is COc1ccc(S(=O)(=O)N2CCN(C(=O)C3CCCO3)CC2)cc1C(N)=O. The van der Waals surface area contributed by atoms with Crippen LogP contribution in [0.1, 0.15) is 23.2 Å². The maximum Gasteiger partial charge on any atom is 0.252 e. The van der Waals surface area contributed by atoms with Crippen LogP contribution in [0.5, 0.6) is 5.75 Å². The number of nitrogens with zero attached hydrogens (tertiary/aromatic N) is 2. The number of amides is 2. The third-order valence-electron chi connectivity index (χ3n) is 4.83. The van der Waals surface area contributed by atoms with Gasteiger partial charge in [-0.25, -0.2) is 8.42 Å². The highest BCUT2D eigenvalue weighted by Crippen LogP contribution is 2.25. The first-order valence-corrected chi connectivity index (χ1v) is 10.2. The Morgan fingerprint density at radius 1 is 1.22 bits per heavy atom. The van der Waals surface area contributed by atoms with Crippen LogP contribution < -0.4 is 10.5 Å². The van der Waals surface area contributed by atoms with Crippen LogP contribution in [0.4, 0.5) is 0 Å². The Morgan fingerprint density at radius 3 is 2.48 bits per heavy atom. The lowest BCUT2D eigenvalue weighted by Gasteiger charge is -2.35. The molecule has 0 radical (unpaired) electrons. The highest BCUT2D eigenvalue weighted by Gasteiger charge is 2.34. The number of sulfonamides is 1. The summed E-state index contributed by atoms with van der Waals surface area (Å²) < 4.78 is 37.6. The van der Waals surface area contributed by atoms with Gasteiger partial charge in [-0.05, 0) is 31.0 Å². The monoisotopic (exact) mass is 397 g/mol. The fraction of sp³-hybridized carbons (Fsp3) is 0.529. The van der Waals surface area contributed by atoms with E-state index in [-0.39, 0.29) is 35.2 Å². The van der Waals surface area contributed by atoms with Crippen LogP contribution in [0, 0.1) is 0 Å². The van der Waals surface area contributed by atoms with Crippen molar-refractivity contribution >= 4 is 21.8 Å². The van der Waals surface area contributed by atoms with Crippen molar-refractivity contribution in [3.05, 3.63) is 23.8 Å². The summed E-state index contributed by atoms with van der Waals surface area (Å²) in [5.41, 5.74) is 5.31. The summed E-state index contributed by atoms with van der Waals surface area (Å²) in [5.74, 6) is -0.630. The molecule has 2 N–H and O–H groups in total. The van der Waals surface area contributed by atoms with Gasteiger partial charge in [-0.3, -0.25) is 9.59 Å². The van der Waals surface area contributed by atoms with Gasteiger partial charge >= 0.3 is 0 Å². The van der Waals surface area contributed by atoms with Crippen molar-refractivity contribution < 1.29 is 27.5 Å². The van der Waals surface area contributed by atoms with E-state index in [2.05, 4.69) is 0 Å². The molecule has 1 aromatic carbocycles. The van der Waals surface area contributed by atoms with Crippen molar-refractivity contribution in [2.24, 2.45) is 5.73 Å². The molecule has 9 nitrogen and oxygen atoms in total. The summed E-state index contributed by atoms with van der Waals surface area (Å²) in [6.07, 6.45) is 1.16. The minimum Gasteiger partial charge on any atom is -0.496 e. The molecule has 2 fully saturated rings. The van der Waals surface area contributed by atoms with Gasteiger partial charge in [0.25, 0.3) is 11.8 Å². The molecule has 0 aliphatic carbocycles. The summed E-state index contributed by atoms with van der Waals surface area (Å²) in [6.45, 7) is 1.55. The molecule has 1 aromatic rings. The molecule has 1 unspecified atom stereocenters. The second-order valence-electron chi connectivity index (χ2n) is 6.46. The number of carbonyl (C=O) groups is 2. The van der Waals surface area contributed by atoms with Gasteiger partial charge in [0.2, 0.25) is 10.0 Å². The zero-order valence-electron chi connectivity index (χ0n) is 15.1. The quantitative estimate of drug-likeness (QED) is 0.735. The van der Waals surface area contributed by atoms with Crippen molar-refractivity contribution in [2.45, 2.75) is 23.8 Å². The first-order chi connectivity index (χ1) is 12.8. The summed E-state index contributed by atoms with van der Waals surface area (Å²) >= 11 is 0. The Bertz CT molecular complexity index is 827. The molecule has 0 aromatic heterocycles. The molecule has 2 heterocycles. The van der Waals surface area contributed by atoms with Crippen LogP contribution in [0.3, 0.4) is 0 Å². The van der Waals surface area contributed by atoms with Crippen LogP contribution in [0.2, 0.25) is 0 Å². The van der Waals surface area contributed by atoms with Crippen molar-refractivity contribution in [3.8, 4) is 5.75 Å². The molecule has 1 atom stereocenters. The maximum atomic E-state index is 12.9. The van der Waals surface area contributed by atoms with Gasteiger partial charge in [-0.15, -0.1) is 0 Å². The van der Waals surface area contributed by atoms with Gasteiger partial charge in [0.15, 0.2) is 0 Å². The van der Waals surface area contributed by atoms with Gasteiger partial charge in [0.05, 0.1) is 17.6 Å². The molecule has 148 valence electrons. The number of carbonyl (C=O) groups excluding carboxylic acids is 2. The van der Waals surface area contributed by atoms with Gasteiger partial charge in [-0.2, -0.15) is 4.31 Å². The Balaban J connectivity index is 1.72. The van der Waals surface area contributed by atoms with Crippen LogP contribution in [-0.4, -0.2) is 75.4 Å². The number of primary amides is 1. The summed E-state index contributed by atoms with van der Waals surface area (Å²) in [5, 5.41) is 0.